The van der Waals surface area contributed by atoms with E-state index in [9.17, 15) is 0 Å². The zero-order valence-corrected chi connectivity index (χ0v) is 14.1. The van der Waals surface area contributed by atoms with E-state index in [1.54, 1.807) is 5.57 Å². The summed E-state index contributed by atoms with van der Waals surface area (Å²) in [6, 6.07) is 0. The number of hydrogen-bond donors (Lipinski definition) is 0. The van der Waals surface area contributed by atoms with E-state index in [2.05, 4.69) is 25.2 Å². The average molecular weight is 340 g/mol. The fourth-order valence-corrected chi connectivity index (χ4v) is 1.80. The van der Waals surface area contributed by atoms with Gasteiger partial charge in [-0.25, -0.2) is 0 Å². The summed E-state index contributed by atoms with van der Waals surface area (Å²) in [5.41, 5.74) is 1.57. The van der Waals surface area contributed by atoms with Crippen molar-refractivity contribution in [3.8, 4) is 0 Å². The molecule has 0 spiro atoms. The molecule has 0 saturated heterocycles. The molecule has 0 saturated carbocycles. The van der Waals surface area contributed by atoms with Gasteiger partial charge in [0.05, 0.1) is 0 Å². The van der Waals surface area contributed by atoms with Crippen molar-refractivity contribution in [3.63, 3.8) is 0 Å². The Hall–Kier alpha value is 0.943. The Kier molecular flexibility index (Phi) is 14.8. The van der Waals surface area contributed by atoms with E-state index < -0.39 is 20.8 Å². The molecule has 1 rings (SSSR count). The number of unbranched alkanes of at least 4 members (excludes halogenated alkanes) is 5. The van der Waals surface area contributed by atoms with Gasteiger partial charge in [-0.15, -0.1) is 0 Å². The summed E-state index contributed by atoms with van der Waals surface area (Å²) in [5, 5.41) is 0. The third-order valence-electron chi connectivity index (χ3n) is 2.67. The Morgan fingerprint density at radius 1 is 1.12 bits per heavy atom. The second kappa shape index (κ2) is 14.0. The summed E-state index contributed by atoms with van der Waals surface area (Å²) >= 11 is -0.826. The van der Waals surface area contributed by atoms with Gasteiger partial charge in [-0.05, 0) is 19.3 Å². The standard InChI is InChI=1S/C13H22.2ClH.Zr/c1-2-3-4-5-6-7-10-13-11-8-9-12-13;;;/h8,11-12H,2-7,9-10H2,1H3;2*1H;/q;;;+2/p-2. The minimum absolute atomic E-state index is 0.826. The molecule has 0 unspecified atom stereocenters. The van der Waals surface area contributed by atoms with E-state index in [0.717, 1.165) is 0 Å². The molecule has 0 amide bonds. The first-order valence-corrected chi connectivity index (χ1v) is 12.5. The van der Waals surface area contributed by atoms with E-state index in [0.29, 0.717) is 0 Å². The molecule has 0 atom stereocenters. The molecule has 0 aromatic carbocycles. The molecule has 0 nitrogen and oxygen atoms in total. The van der Waals surface area contributed by atoms with Crippen LogP contribution in [0, 0.1) is 0 Å². The Labute approximate surface area is 119 Å². The molecule has 0 bridgehead atoms. The van der Waals surface area contributed by atoms with Crippen LogP contribution in [0.15, 0.2) is 23.8 Å². The van der Waals surface area contributed by atoms with Crippen LogP contribution in [0.25, 0.3) is 0 Å². The zero-order chi connectivity index (χ0) is 12.1. The van der Waals surface area contributed by atoms with Crippen molar-refractivity contribution in [1.29, 1.82) is 0 Å². The van der Waals surface area contributed by atoms with Crippen LogP contribution in [0.2, 0.25) is 0 Å². The molecular formula is C13H22Cl2Zr. The van der Waals surface area contributed by atoms with Crippen molar-refractivity contribution < 1.29 is 20.8 Å². The van der Waals surface area contributed by atoms with Crippen molar-refractivity contribution >= 4 is 17.0 Å². The zero-order valence-electron chi connectivity index (χ0n) is 10.1. The maximum absolute atomic E-state index is 4.93. The summed E-state index contributed by atoms with van der Waals surface area (Å²) in [7, 11) is 9.87. The predicted octanol–water partition coefficient (Wildman–Crippen LogP) is 6.00. The van der Waals surface area contributed by atoms with E-state index in [1.807, 2.05) is 0 Å². The Bertz CT molecular complexity index is 200. The Morgan fingerprint density at radius 2 is 1.75 bits per heavy atom. The van der Waals surface area contributed by atoms with Crippen LogP contribution in [0.3, 0.4) is 0 Å². The van der Waals surface area contributed by atoms with Crippen LogP contribution in [-0.4, -0.2) is 0 Å². The number of halogens is 2. The normalized spacial score (nSPS) is 13.1. The average Bonchev–Trinajstić information content (AvgIpc) is 2.77. The monoisotopic (exact) mass is 338 g/mol. The van der Waals surface area contributed by atoms with Gasteiger partial charge in [-0.1, -0.05) is 62.8 Å². The van der Waals surface area contributed by atoms with Gasteiger partial charge in [-0.2, -0.15) is 0 Å². The van der Waals surface area contributed by atoms with Crippen LogP contribution in [-0.2, 0) is 20.8 Å². The summed E-state index contributed by atoms with van der Waals surface area (Å²) < 4.78 is 0. The summed E-state index contributed by atoms with van der Waals surface area (Å²) in [6.45, 7) is 2.27. The van der Waals surface area contributed by atoms with Gasteiger partial charge >= 0.3 is 37.9 Å². The van der Waals surface area contributed by atoms with Crippen LogP contribution in [0.1, 0.15) is 58.3 Å². The summed E-state index contributed by atoms with van der Waals surface area (Å²) in [5.74, 6) is 0. The Morgan fingerprint density at radius 3 is 2.31 bits per heavy atom. The molecule has 92 valence electrons. The molecule has 16 heavy (non-hydrogen) atoms. The molecule has 0 aromatic rings. The fourth-order valence-electron chi connectivity index (χ4n) is 1.80. The summed E-state index contributed by atoms with van der Waals surface area (Å²) in [4.78, 5) is 0. The number of hydrogen-bond acceptors (Lipinski definition) is 0. The van der Waals surface area contributed by atoms with Gasteiger partial charge in [-0.3, -0.25) is 0 Å². The minimum atomic E-state index is -0.826. The van der Waals surface area contributed by atoms with E-state index in [1.165, 1.54) is 51.4 Å². The molecule has 0 radical (unpaired) electrons. The second-order valence-electron chi connectivity index (χ2n) is 4.01. The van der Waals surface area contributed by atoms with Crippen LogP contribution >= 0.6 is 17.0 Å². The maximum atomic E-state index is 4.93. The molecule has 0 aromatic heterocycles. The first kappa shape index (κ1) is 16.9. The van der Waals surface area contributed by atoms with E-state index in [4.69, 9.17) is 17.0 Å². The topological polar surface area (TPSA) is 0 Å². The van der Waals surface area contributed by atoms with Gasteiger partial charge in [0, 0.05) is 0 Å². The van der Waals surface area contributed by atoms with Crippen LogP contribution < -0.4 is 0 Å². The van der Waals surface area contributed by atoms with Gasteiger partial charge in [0.25, 0.3) is 0 Å². The molecule has 0 aliphatic heterocycles. The third-order valence-corrected chi connectivity index (χ3v) is 2.67. The van der Waals surface area contributed by atoms with Crippen molar-refractivity contribution in [1.82, 2.24) is 0 Å². The number of rotatable bonds is 7. The molecule has 0 heterocycles. The molecule has 0 fully saturated rings. The van der Waals surface area contributed by atoms with Gasteiger partial charge in [0.15, 0.2) is 0 Å². The van der Waals surface area contributed by atoms with E-state index in [-0.39, 0.29) is 0 Å². The van der Waals surface area contributed by atoms with Crippen molar-refractivity contribution in [2.45, 2.75) is 58.3 Å². The molecule has 1 aliphatic rings. The van der Waals surface area contributed by atoms with E-state index >= 15 is 0 Å². The first-order valence-electron chi connectivity index (χ1n) is 6.17. The summed E-state index contributed by atoms with van der Waals surface area (Å²) in [6.07, 6.45) is 17.8. The third kappa shape index (κ3) is 11.4. The van der Waals surface area contributed by atoms with Crippen molar-refractivity contribution in [2.24, 2.45) is 0 Å². The SMILES string of the molecule is CCCCCCCCC1=CCC=C1.[Cl][Zr][Cl]. The molecule has 0 N–H and O–H groups in total. The van der Waals surface area contributed by atoms with Crippen LogP contribution in [0.5, 0.6) is 0 Å². The molecule has 1 aliphatic carbocycles. The predicted molar refractivity (Wildman–Crippen MR) is 71.5 cm³/mol. The molecule has 3 heteroatoms. The quantitative estimate of drug-likeness (QED) is 0.499. The fraction of sp³-hybridized carbons (Fsp3) is 0.692. The van der Waals surface area contributed by atoms with Crippen LogP contribution in [0.4, 0.5) is 0 Å². The first-order chi connectivity index (χ1) is 7.85. The van der Waals surface area contributed by atoms with Gasteiger partial charge < -0.3 is 0 Å². The Balaban J connectivity index is 0.000000673. The second-order valence-corrected chi connectivity index (χ2v) is 7.74. The van der Waals surface area contributed by atoms with Gasteiger partial charge in [0.1, 0.15) is 0 Å². The van der Waals surface area contributed by atoms with Crippen molar-refractivity contribution in [3.05, 3.63) is 23.8 Å². The number of allylic oxidation sites excluding steroid dienone is 4. The molecular weight excluding hydrogens is 318 g/mol. The van der Waals surface area contributed by atoms with Crippen molar-refractivity contribution in [2.75, 3.05) is 0 Å². The van der Waals surface area contributed by atoms with Gasteiger partial charge in [0.2, 0.25) is 0 Å².